The smallest absolute Gasteiger partial charge is 0.241 e. The maximum Gasteiger partial charge on any atom is 0.241 e. The van der Waals surface area contributed by atoms with Crippen LogP contribution < -0.4 is 5.32 Å². The summed E-state index contributed by atoms with van der Waals surface area (Å²) in [7, 11) is 0. The number of carbonyl (C=O) groups is 1. The Morgan fingerprint density at radius 1 is 1.18 bits per heavy atom. The zero-order valence-electron chi connectivity index (χ0n) is 19.5. The van der Waals surface area contributed by atoms with Crippen LogP contribution in [-0.4, -0.2) is 46.3 Å². The molecule has 4 rings (SSSR count). The first-order valence-electron chi connectivity index (χ1n) is 11.8. The summed E-state index contributed by atoms with van der Waals surface area (Å²) in [6.07, 6.45) is 2.72. The van der Waals surface area contributed by atoms with Gasteiger partial charge in [0.25, 0.3) is 0 Å². The first-order chi connectivity index (χ1) is 16.6. The van der Waals surface area contributed by atoms with E-state index in [0.717, 1.165) is 60.4 Å². The number of thioether (sulfide) groups is 1. The summed E-state index contributed by atoms with van der Waals surface area (Å²) in [4.78, 5) is 19.4. The molecule has 0 radical (unpaired) electrons. The third-order valence-corrected chi connectivity index (χ3v) is 7.79. The van der Waals surface area contributed by atoms with E-state index in [1.54, 1.807) is 0 Å². The predicted molar refractivity (Wildman–Crippen MR) is 140 cm³/mol. The van der Waals surface area contributed by atoms with E-state index >= 15 is 0 Å². The van der Waals surface area contributed by atoms with Crippen LogP contribution in [0.25, 0.3) is 11.4 Å². The molecule has 0 atom stereocenters. The largest absolute Gasteiger partial charge is 0.356 e. The number of aromatic nitrogens is 2. The van der Waals surface area contributed by atoms with Crippen LogP contribution in [0.5, 0.6) is 0 Å². The molecule has 8 heteroatoms. The number of aryl methyl sites for hydroxylation is 1. The van der Waals surface area contributed by atoms with E-state index in [2.05, 4.69) is 67.5 Å². The van der Waals surface area contributed by atoms with Gasteiger partial charge in [-0.2, -0.15) is 16.7 Å². The van der Waals surface area contributed by atoms with Crippen LogP contribution in [0.15, 0.2) is 57.5 Å². The van der Waals surface area contributed by atoms with Crippen molar-refractivity contribution in [2.45, 2.75) is 38.5 Å². The second-order valence-electron chi connectivity index (χ2n) is 8.69. The van der Waals surface area contributed by atoms with Gasteiger partial charge in [0.2, 0.25) is 17.6 Å². The molecule has 1 saturated heterocycles. The SMILES string of the molecule is Cc1ccccc1CSCCCNC(=O)C1CCN(Cc2nc(-c3ccc(Br)cc3)no2)CC1. The lowest BCUT2D eigenvalue weighted by atomic mass is 9.96. The van der Waals surface area contributed by atoms with Crippen molar-refractivity contribution < 1.29 is 9.32 Å². The summed E-state index contributed by atoms with van der Waals surface area (Å²) >= 11 is 5.37. The van der Waals surface area contributed by atoms with Crippen LogP contribution in [0.4, 0.5) is 0 Å². The molecule has 0 spiro atoms. The lowest BCUT2D eigenvalue weighted by molar-refractivity contribution is -0.126. The van der Waals surface area contributed by atoms with Gasteiger partial charge in [0, 0.05) is 28.3 Å². The van der Waals surface area contributed by atoms with E-state index in [1.807, 2.05) is 36.0 Å². The van der Waals surface area contributed by atoms with Crippen LogP contribution in [0, 0.1) is 12.8 Å². The molecule has 1 aliphatic rings. The molecule has 0 bridgehead atoms. The zero-order valence-corrected chi connectivity index (χ0v) is 21.9. The molecule has 1 aliphatic heterocycles. The van der Waals surface area contributed by atoms with Gasteiger partial charge in [-0.1, -0.05) is 45.4 Å². The molecule has 2 heterocycles. The maximum atomic E-state index is 12.6. The minimum absolute atomic E-state index is 0.0943. The summed E-state index contributed by atoms with van der Waals surface area (Å²) in [6, 6.07) is 16.4. The van der Waals surface area contributed by atoms with Crippen LogP contribution in [0.3, 0.4) is 0 Å². The summed E-state index contributed by atoms with van der Waals surface area (Å²) in [5.41, 5.74) is 3.68. The molecule has 1 amide bonds. The van der Waals surface area contributed by atoms with Crippen molar-refractivity contribution in [1.82, 2.24) is 20.4 Å². The number of amides is 1. The van der Waals surface area contributed by atoms with Crippen LogP contribution in [0.2, 0.25) is 0 Å². The minimum atomic E-state index is 0.0943. The van der Waals surface area contributed by atoms with Gasteiger partial charge in [0.15, 0.2) is 0 Å². The fourth-order valence-corrected chi connectivity index (χ4v) is 5.37. The minimum Gasteiger partial charge on any atom is -0.356 e. The van der Waals surface area contributed by atoms with Crippen molar-refractivity contribution in [1.29, 1.82) is 0 Å². The maximum absolute atomic E-state index is 12.6. The van der Waals surface area contributed by atoms with Crippen molar-refractivity contribution in [2.24, 2.45) is 5.92 Å². The lowest BCUT2D eigenvalue weighted by Gasteiger charge is -2.30. The number of piperidine rings is 1. The number of hydrogen-bond donors (Lipinski definition) is 1. The molecule has 2 aromatic carbocycles. The second-order valence-corrected chi connectivity index (χ2v) is 10.7. The van der Waals surface area contributed by atoms with E-state index in [0.29, 0.717) is 18.3 Å². The molecule has 180 valence electrons. The molecular formula is C26H31BrN4O2S. The summed E-state index contributed by atoms with van der Waals surface area (Å²) in [6.45, 7) is 5.25. The molecule has 3 aromatic rings. The Balaban J connectivity index is 1.11. The molecule has 0 aliphatic carbocycles. The number of carbonyl (C=O) groups excluding carboxylic acids is 1. The van der Waals surface area contributed by atoms with Gasteiger partial charge in [-0.15, -0.1) is 0 Å². The van der Waals surface area contributed by atoms with Crippen molar-refractivity contribution in [3.05, 3.63) is 70.0 Å². The highest BCUT2D eigenvalue weighted by molar-refractivity contribution is 9.10. The first kappa shape index (κ1) is 24.9. The number of hydrogen-bond acceptors (Lipinski definition) is 6. The van der Waals surface area contributed by atoms with Gasteiger partial charge < -0.3 is 9.84 Å². The molecular weight excluding hydrogens is 512 g/mol. The average Bonchev–Trinajstić information content (AvgIpc) is 3.31. The lowest BCUT2D eigenvalue weighted by Crippen LogP contribution is -2.40. The van der Waals surface area contributed by atoms with Gasteiger partial charge in [-0.3, -0.25) is 9.69 Å². The van der Waals surface area contributed by atoms with Crippen molar-refractivity contribution >= 4 is 33.6 Å². The van der Waals surface area contributed by atoms with Crippen molar-refractivity contribution in [3.8, 4) is 11.4 Å². The fourth-order valence-electron chi connectivity index (χ4n) is 4.06. The van der Waals surface area contributed by atoms with E-state index in [9.17, 15) is 4.79 Å². The van der Waals surface area contributed by atoms with Crippen molar-refractivity contribution in [2.75, 3.05) is 25.4 Å². The number of rotatable bonds is 10. The first-order valence-corrected chi connectivity index (χ1v) is 13.7. The Hall–Kier alpha value is -2.16. The normalized spacial score (nSPS) is 14.9. The van der Waals surface area contributed by atoms with E-state index in [4.69, 9.17) is 4.52 Å². The highest BCUT2D eigenvalue weighted by atomic mass is 79.9. The van der Waals surface area contributed by atoms with Gasteiger partial charge in [0.1, 0.15) is 0 Å². The van der Waals surface area contributed by atoms with Crippen LogP contribution >= 0.6 is 27.7 Å². The molecule has 1 fully saturated rings. The summed E-state index contributed by atoms with van der Waals surface area (Å²) in [5, 5.41) is 7.24. The molecule has 6 nitrogen and oxygen atoms in total. The summed E-state index contributed by atoms with van der Waals surface area (Å²) in [5.74, 6) is 3.59. The standard InChI is InChI=1S/C26H31BrN4O2S/c1-19-5-2-3-6-22(19)18-34-16-4-13-28-26(32)21-11-14-31(15-12-21)17-24-29-25(30-33-24)20-7-9-23(27)10-8-20/h2-3,5-10,21H,4,11-18H2,1H3,(H,28,32). The number of nitrogens with one attached hydrogen (secondary N) is 1. The highest BCUT2D eigenvalue weighted by Crippen LogP contribution is 2.22. The zero-order chi connectivity index (χ0) is 23.8. The van der Waals surface area contributed by atoms with Crippen LogP contribution in [0.1, 0.15) is 36.3 Å². The number of nitrogens with zero attached hydrogens (tertiary/aromatic N) is 3. The third kappa shape index (κ3) is 7.17. The fraction of sp³-hybridized carbons (Fsp3) is 0.423. The monoisotopic (exact) mass is 542 g/mol. The number of benzene rings is 2. The van der Waals surface area contributed by atoms with Gasteiger partial charge in [-0.25, -0.2) is 0 Å². The van der Waals surface area contributed by atoms with Gasteiger partial charge in [0.05, 0.1) is 6.54 Å². The summed E-state index contributed by atoms with van der Waals surface area (Å²) < 4.78 is 6.47. The number of halogens is 1. The Morgan fingerprint density at radius 2 is 1.94 bits per heavy atom. The molecule has 34 heavy (non-hydrogen) atoms. The average molecular weight is 544 g/mol. The molecule has 0 unspecified atom stereocenters. The Morgan fingerprint density at radius 3 is 2.71 bits per heavy atom. The Labute approximate surface area is 214 Å². The molecule has 1 N–H and O–H groups in total. The Bertz CT molecular complexity index is 1060. The molecule has 0 saturated carbocycles. The topological polar surface area (TPSA) is 71.3 Å². The van der Waals surface area contributed by atoms with Gasteiger partial charge >= 0.3 is 0 Å². The van der Waals surface area contributed by atoms with Crippen LogP contribution in [-0.2, 0) is 17.1 Å². The van der Waals surface area contributed by atoms with Gasteiger partial charge in [-0.05, 0) is 80.4 Å². The quantitative estimate of drug-likeness (QED) is 0.343. The highest BCUT2D eigenvalue weighted by Gasteiger charge is 2.25. The predicted octanol–water partition coefficient (Wildman–Crippen LogP) is 5.46. The Kier molecular flexibility index (Phi) is 9.18. The third-order valence-electron chi connectivity index (χ3n) is 6.17. The van der Waals surface area contributed by atoms with E-state index in [1.165, 1.54) is 11.1 Å². The molecule has 1 aromatic heterocycles. The van der Waals surface area contributed by atoms with E-state index in [-0.39, 0.29) is 11.8 Å². The second kappa shape index (κ2) is 12.5. The van der Waals surface area contributed by atoms with Crippen molar-refractivity contribution in [3.63, 3.8) is 0 Å². The van der Waals surface area contributed by atoms with E-state index < -0.39 is 0 Å². The number of likely N-dealkylation sites (tertiary alicyclic amines) is 1.